The number of phenolic OH excluding ortho intramolecular Hbond substituents is 1. The quantitative estimate of drug-likeness (QED) is 0.793. The lowest BCUT2D eigenvalue weighted by atomic mass is 10.1. The molecule has 6 nitrogen and oxygen atoms in total. The molecule has 0 radical (unpaired) electrons. The minimum atomic E-state index is -1.09. The molecular weight excluding hydrogens is 346 g/mol. The molecule has 0 aliphatic heterocycles. The average molecular weight is 364 g/mol. The second kappa shape index (κ2) is 7.90. The lowest BCUT2D eigenvalue weighted by Gasteiger charge is -2.16. The molecule has 1 atom stereocenters. The highest BCUT2D eigenvalue weighted by atomic mass is 35.5. The number of hydrogen-bond donors (Lipinski definition) is 2. The van der Waals surface area contributed by atoms with Crippen LogP contribution in [0.15, 0.2) is 36.4 Å². The smallest absolute Gasteiger partial charge is 0.342 e. The molecule has 0 spiro atoms. The summed E-state index contributed by atoms with van der Waals surface area (Å²) in [7, 11) is 1.46. The van der Waals surface area contributed by atoms with E-state index in [0.717, 1.165) is 5.56 Å². The fourth-order valence-electron chi connectivity index (χ4n) is 2.10. The van der Waals surface area contributed by atoms with Gasteiger partial charge in [-0.25, -0.2) is 4.79 Å². The summed E-state index contributed by atoms with van der Waals surface area (Å²) in [4.78, 5) is 24.4. The minimum absolute atomic E-state index is 0.00872. The van der Waals surface area contributed by atoms with Crippen molar-refractivity contribution < 1.29 is 24.2 Å². The van der Waals surface area contributed by atoms with Gasteiger partial charge < -0.3 is 19.9 Å². The van der Waals surface area contributed by atoms with Crippen LogP contribution in [0, 0.1) is 6.92 Å². The van der Waals surface area contributed by atoms with Crippen LogP contribution in [0.4, 0.5) is 5.69 Å². The van der Waals surface area contributed by atoms with Gasteiger partial charge in [0.15, 0.2) is 6.10 Å². The fourth-order valence-corrected chi connectivity index (χ4v) is 2.28. The van der Waals surface area contributed by atoms with Crippen molar-refractivity contribution in [1.29, 1.82) is 0 Å². The van der Waals surface area contributed by atoms with Gasteiger partial charge in [-0.05, 0) is 49.7 Å². The second-order valence-corrected chi connectivity index (χ2v) is 5.84. The maximum atomic E-state index is 12.2. The van der Waals surface area contributed by atoms with Crippen molar-refractivity contribution in [3.05, 3.63) is 52.5 Å². The Balaban J connectivity index is 2.07. The van der Waals surface area contributed by atoms with Gasteiger partial charge in [-0.15, -0.1) is 0 Å². The maximum absolute atomic E-state index is 12.2. The second-order valence-electron chi connectivity index (χ2n) is 5.40. The Morgan fingerprint density at radius 2 is 1.92 bits per heavy atom. The van der Waals surface area contributed by atoms with Crippen molar-refractivity contribution in [3.8, 4) is 11.5 Å². The number of aryl methyl sites for hydroxylation is 1. The topological polar surface area (TPSA) is 84.9 Å². The van der Waals surface area contributed by atoms with Crippen molar-refractivity contribution in [2.45, 2.75) is 20.0 Å². The molecule has 0 bridgehead atoms. The van der Waals surface area contributed by atoms with Gasteiger partial charge >= 0.3 is 5.97 Å². The molecule has 0 fully saturated rings. The van der Waals surface area contributed by atoms with E-state index in [9.17, 15) is 14.7 Å². The van der Waals surface area contributed by atoms with E-state index in [1.165, 1.54) is 32.2 Å². The fraction of sp³-hybridized carbons (Fsp3) is 0.222. The summed E-state index contributed by atoms with van der Waals surface area (Å²) in [5, 5.41) is 12.8. The first-order chi connectivity index (χ1) is 11.8. The molecule has 0 aromatic heterocycles. The number of methoxy groups -OCH3 is 1. The molecule has 0 aliphatic carbocycles. The Bertz CT molecular complexity index is 806. The normalized spacial score (nSPS) is 11.5. The van der Waals surface area contributed by atoms with Crippen molar-refractivity contribution in [3.63, 3.8) is 0 Å². The molecule has 2 rings (SSSR count). The van der Waals surface area contributed by atoms with E-state index < -0.39 is 18.0 Å². The van der Waals surface area contributed by atoms with Crippen molar-refractivity contribution >= 4 is 29.2 Å². The number of nitrogens with one attached hydrogen (secondary N) is 1. The molecule has 0 saturated carbocycles. The lowest BCUT2D eigenvalue weighted by molar-refractivity contribution is -0.123. The number of rotatable bonds is 5. The first kappa shape index (κ1) is 18.6. The van der Waals surface area contributed by atoms with E-state index in [1.807, 2.05) is 0 Å². The molecule has 0 unspecified atom stereocenters. The molecule has 25 heavy (non-hydrogen) atoms. The maximum Gasteiger partial charge on any atom is 0.342 e. The van der Waals surface area contributed by atoms with Crippen LogP contribution in [0.3, 0.4) is 0 Å². The summed E-state index contributed by atoms with van der Waals surface area (Å²) in [6.07, 6.45) is -1.09. The molecular formula is C18H18ClNO5. The zero-order valence-corrected chi connectivity index (χ0v) is 14.8. The van der Waals surface area contributed by atoms with Crippen molar-refractivity contribution in [2.75, 3.05) is 12.4 Å². The number of halogens is 1. The predicted molar refractivity (Wildman–Crippen MR) is 94.4 cm³/mol. The number of anilines is 1. The van der Waals surface area contributed by atoms with Crippen LogP contribution >= 0.6 is 11.6 Å². The van der Waals surface area contributed by atoms with E-state index in [2.05, 4.69) is 5.32 Å². The van der Waals surface area contributed by atoms with Gasteiger partial charge in [-0.2, -0.15) is 0 Å². The number of aromatic hydroxyl groups is 1. The van der Waals surface area contributed by atoms with Crippen LogP contribution in [-0.2, 0) is 9.53 Å². The third kappa shape index (κ3) is 4.64. The van der Waals surface area contributed by atoms with E-state index >= 15 is 0 Å². The van der Waals surface area contributed by atoms with Gasteiger partial charge in [0.05, 0.1) is 12.8 Å². The molecule has 0 aliphatic rings. The zero-order chi connectivity index (χ0) is 18.6. The van der Waals surface area contributed by atoms with Crippen LogP contribution < -0.4 is 10.1 Å². The molecule has 0 heterocycles. The van der Waals surface area contributed by atoms with Gasteiger partial charge in [-0.3, -0.25) is 4.79 Å². The molecule has 1 amide bonds. The van der Waals surface area contributed by atoms with Crippen LogP contribution in [0.25, 0.3) is 0 Å². The largest absolute Gasteiger partial charge is 0.507 e. The van der Waals surface area contributed by atoms with Crippen LogP contribution in [0.1, 0.15) is 22.8 Å². The van der Waals surface area contributed by atoms with Gasteiger partial charge in [0.2, 0.25) is 0 Å². The molecule has 0 saturated heterocycles. The Kier molecular flexibility index (Phi) is 5.88. The number of amides is 1. The van der Waals surface area contributed by atoms with E-state index in [1.54, 1.807) is 25.1 Å². The van der Waals surface area contributed by atoms with E-state index in [4.69, 9.17) is 21.1 Å². The highest BCUT2D eigenvalue weighted by molar-refractivity contribution is 6.31. The van der Waals surface area contributed by atoms with Gasteiger partial charge in [0.25, 0.3) is 5.91 Å². The zero-order valence-electron chi connectivity index (χ0n) is 14.0. The molecule has 2 aromatic carbocycles. The lowest BCUT2D eigenvalue weighted by Crippen LogP contribution is -2.30. The third-order valence-electron chi connectivity index (χ3n) is 3.45. The Hall–Kier alpha value is -2.73. The Morgan fingerprint density at radius 3 is 2.56 bits per heavy atom. The van der Waals surface area contributed by atoms with Crippen LogP contribution in [0.2, 0.25) is 5.02 Å². The average Bonchev–Trinajstić information content (AvgIpc) is 2.54. The molecule has 2 N–H and O–H groups in total. The number of carbonyl (C=O) groups is 2. The first-order valence-electron chi connectivity index (χ1n) is 7.47. The summed E-state index contributed by atoms with van der Waals surface area (Å²) in [5.74, 6) is -1.12. The monoisotopic (exact) mass is 363 g/mol. The van der Waals surface area contributed by atoms with Crippen molar-refractivity contribution in [1.82, 2.24) is 0 Å². The Morgan fingerprint density at radius 1 is 1.20 bits per heavy atom. The Labute approximate surface area is 150 Å². The summed E-state index contributed by atoms with van der Waals surface area (Å²) in [5.41, 5.74) is 1.15. The van der Waals surface area contributed by atoms with E-state index in [-0.39, 0.29) is 11.3 Å². The number of hydrogen-bond acceptors (Lipinski definition) is 5. The number of phenols is 1. The summed E-state index contributed by atoms with van der Waals surface area (Å²) < 4.78 is 10.3. The molecule has 7 heteroatoms. The third-order valence-corrected chi connectivity index (χ3v) is 3.68. The number of esters is 1. The predicted octanol–water partition coefficient (Wildman–Crippen LogP) is 3.55. The van der Waals surface area contributed by atoms with Crippen LogP contribution in [-0.4, -0.2) is 30.2 Å². The highest BCUT2D eigenvalue weighted by Crippen LogP contribution is 2.28. The number of ether oxygens (including phenoxy) is 2. The molecule has 132 valence electrons. The minimum Gasteiger partial charge on any atom is -0.507 e. The van der Waals surface area contributed by atoms with Gasteiger partial charge in [0.1, 0.15) is 17.1 Å². The number of carbonyl (C=O) groups excluding carboxylic acids is 2. The SMILES string of the molecule is COc1ccc(Cl)cc1NC(=O)[C@H](C)OC(=O)c1ccc(C)cc1O. The van der Waals surface area contributed by atoms with Crippen molar-refractivity contribution in [2.24, 2.45) is 0 Å². The summed E-state index contributed by atoms with van der Waals surface area (Å²) >= 11 is 5.91. The highest BCUT2D eigenvalue weighted by Gasteiger charge is 2.22. The first-order valence-corrected chi connectivity index (χ1v) is 7.84. The standard InChI is InChI=1S/C18H18ClNO5/c1-10-4-6-13(15(21)8-10)18(23)25-11(2)17(22)20-14-9-12(19)5-7-16(14)24-3/h4-9,11,21H,1-3H3,(H,20,22)/t11-/m0/s1. The van der Waals surface area contributed by atoms with Gasteiger partial charge in [-0.1, -0.05) is 17.7 Å². The van der Waals surface area contributed by atoms with Crippen LogP contribution in [0.5, 0.6) is 11.5 Å². The van der Waals surface area contributed by atoms with Gasteiger partial charge in [0, 0.05) is 5.02 Å². The molecule has 2 aromatic rings. The summed E-state index contributed by atoms with van der Waals surface area (Å²) in [6, 6.07) is 9.31. The number of benzene rings is 2. The van der Waals surface area contributed by atoms with E-state index in [0.29, 0.717) is 16.5 Å². The summed E-state index contributed by atoms with van der Waals surface area (Å²) in [6.45, 7) is 3.21.